The van der Waals surface area contributed by atoms with Crippen molar-refractivity contribution >= 4 is 33.2 Å². The number of halogens is 1. The molecule has 5 aliphatic rings. The fraction of sp³-hybridized carbons (Fsp3) is 0.643. The van der Waals surface area contributed by atoms with Gasteiger partial charge in [0.25, 0.3) is 15.9 Å². The number of ether oxygens (including phenoxy) is 3. The number of nitrogens with one attached hydrogen (secondary N) is 1. The molecule has 0 aromatic heterocycles. The lowest BCUT2D eigenvalue weighted by Crippen LogP contribution is -2.54. The van der Waals surface area contributed by atoms with Gasteiger partial charge in [-0.05, 0) is 126 Å². The quantitative estimate of drug-likeness (QED) is 0.387. The fourth-order valence-corrected chi connectivity index (χ4v) is 10.5. The molecule has 0 radical (unpaired) electrons. The first-order valence-electron chi connectivity index (χ1n) is 20.2. The van der Waals surface area contributed by atoms with E-state index in [9.17, 15) is 13.2 Å². The minimum atomic E-state index is -4.18. The van der Waals surface area contributed by atoms with Crippen LogP contribution in [0.4, 0.5) is 5.69 Å². The van der Waals surface area contributed by atoms with Crippen LogP contribution in [-0.2, 0) is 36.1 Å². The van der Waals surface area contributed by atoms with Crippen molar-refractivity contribution in [1.82, 2.24) is 19.4 Å². The average Bonchev–Trinajstić information content (AvgIpc) is 3.46. The summed E-state index contributed by atoms with van der Waals surface area (Å²) < 4.78 is 48.9. The highest BCUT2D eigenvalue weighted by molar-refractivity contribution is 7.90. The Morgan fingerprint density at radius 2 is 1.78 bits per heavy atom. The molecule has 55 heavy (non-hydrogen) atoms. The van der Waals surface area contributed by atoms with Crippen LogP contribution in [-0.4, -0.2) is 134 Å². The number of hydrogen-bond donors (Lipinski definition) is 1. The standard InChI is InChI=1S/C42H60ClN5O6S/c1-41(2)40(49)44-55(50,51)34-12-15-39-37(27-34)48(29-42(30-54-39)16-5-8-31-26-33(43)11-14-36(31)42)28-32-10-13-35(32)38(9-6-17-45(41)3)53-25-23-47-19-7-18-46(20-21-47)22-24-52-4/h6,9,11-12,14-15,26-27,32,35,38H,5,7-8,10,13,16-25,28-30H2,1-4H3,(H,44,49)/b9-6+/t32-,35+,38-,42-/m0/s1. The van der Waals surface area contributed by atoms with Gasteiger partial charge in [0.1, 0.15) is 5.75 Å². The van der Waals surface area contributed by atoms with Gasteiger partial charge in [0.05, 0.1) is 42.0 Å². The number of carbonyl (C=O) groups excluding carboxylic acids is 1. The number of fused-ring (bicyclic) bond motifs is 4. The van der Waals surface area contributed by atoms with E-state index in [0.29, 0.717) is 43.9 Å². The van der Waals surface area contributed by atoms with Crippen molar-refractivity contribution in [1.29, 1.82) is 0 Å². The summed E-state index contributed by atoms with van der Waals surface area (Å²) in [4.78, 5) is 23.0. The van der Waals surface area contributed by atoms with Crippen molar-refractivity contribution in [3.05, 3.63) is 64.7 Å². The molecule has 1 spiro atoms. The van der Waals surface area contributed by atoms with Crippen molar-refractivity contribution in [3.63, 3.8) is 0 Å². The van der Waals surface area contributed by atoms with E-state index in [-0.39, 0.29) is 16.4 Å². The van der Waals surface area contributed by atoms with Gasteiger partial charge in [0, 0.05) is 63.4 Å². The third-order valence-electron chi connectivity index (χ3n) is 13.1. The second-order valence-electron chi connectivity index (χ2n) is 16.9. The second-order valence-corrected chi connectivity index (χ2v) is 19.0. The highest BCUT2D eigenvalue weighted by atomic mass is 35.5. The summed E-state index contributed by atoms with van der Waals surface area (Å²) in [6, 6.07) is 11.3. The van der Waals surface area contributed by atoms with Gasteiger partial charge in [-0.1, -0.05) is 29.8 Å². The first-order chi connectivity index (χ1) is 26.4. The number of aryl methyl sites for hydroxylation is 1. The lowest BCUT2D eigenvalue weighted by Gasteiger charge is -2.46. The monoisotopic (exact) mass is 797 g/mol. The summed E-state index contributed by atoms with van der Waals surface area (Å²) in [6.07, 6.45) is 10.4. The van der Waals surface area contributed by atoms with E-state index in [4.69, 9.17) is 25.8 Å². The Kier molecular flexibility index (Phi) is 12.5. The predicted octanol–water partition coefficient (Wildman–Crippen LogP) is 4.96. The summed E-state index contributed by atoms with van der Waals surface area (Å²) in [7, 11) is -0.563. The van der Waals surface area contributed by atoms with Crippen LogP contribution in [0.1, 0.15) is 57.1 Å². The van der Waals surface area contributed by atoms with E-state index in [1.165, 1.54) is 11.1 Å². The number of likely N-dealkylation sites (N-methyl/N-ethyl adjacent to an activating group) is 1. The highest BCUT2D eigenvalue weighted by Crippen LogP contribution is 2.47. The Morgan fingerprint density at radius 1 is 1.00 bits per heavy atom. The molecule has 1 saturated heterocycles. The summed E-state index contributed by atoms with van der Waals surface area (Å²) in [5.41, 5.74) is 1.88. The Hall–Kier alpha value is -2.71. The molecular formula is C42H60ClN5O6S. The van der Waals surface area contributed by atoms with Crippen LogP contribution in [0.3, 0.4) is 0 Å². The summed E-state index contributed by atoms with van der Waals surface area (Å²) in [5.74, 6) is 0.708. The summed E-state index contributed by atoms with van der Waals surface area (Å²) in [5, 5.41) is 0.737. The average molecular weight is 798 g/mol. The number of nitrogens with zero attached hydrogens (tertiary/aromatic N) is 4. The van der Waals surface area contributed by atoms with E-state index < -0.39 is 21.5 Å². The minimum absolute atomic E-state index is 0.0483. The van der Waals surface area contributed by atoms with Gasteiger partial charge in [-0.3, -0.25) is 19.5 Å². The van der Waals surface area contributed by atoms with Crippen LogP contribution in [0.25, 0.3) is 0 Å². The van der Waals surface area contributed by atoms with Crippen LogP contribution >= 0.6 is 11.6 Å². The number of rotatable bonds is 7. The zero-order valence-corrected chi connectivity index (χ0v) is 34.7. The number of amides is 1. The van der Waals surface area contributed by atoms with Crippen LogP contribution in [0.15, 0.2) is 53.4 Å². The van der Waals surface area contributed by atoms with E-state index in [0.717, 1.165) is 102 Å². The number of anilines is 1. The zero-order chi connectivity index (χ0) is 38.8. The van der Waals surface area contributed by atoms with E-state index in [1.807, 2.05) is 18.0 Å². The highest BCUT2D eigenvalue weighted by Gasteiger charge is 2.45. The van der Waals surface area contributed by atoms with Crippen LogP contribution in [0.2, 0.25) is 5.02 Å². The van der Waals surface area contributed by atoms with Gasteiger partial charge < -0.3 is 19.1 Å². The second kappa shape index (κ2) is 17.0. The Labute approximate surface area is 333 Å². The maximum atomic E-state index is 13.9. The van der Waals surface area contributed by atoms with E-state index in [1.54, 1.807) is 39.2 Å². The molecule has 0 unspecified atom stereocenters. The number of sulfonamides is 1. The molecule has 1 saturated carbocycles. The van der Waals surface area contributed by atoms with Gasteiger partial charge in [-0.25, -0.2) is 13.1 Å². The maximum absolute atomic E-state index is 13.9. The van der Waals surface area contributed by atoms with Gasteiger partial charge in [-0.15, -0.1) is 0 Å². The van der Waals surface area contributed by atoms with Crippen molar-refractivity contribution in [2.45, 2.75) is 74.3 Å². The molecular weight excluding hydrogens is 738 g/mol. The molecule has 302 valence electrons. The SMILES string of the molecule is COCCN1CCCN(CCO[C@H]2/C=C/CN(C)C(C)(C)C(=O)NS(=O)(=O)c3ccc4c(c3)N(C[C@@H]3CC[C@H]32)C[C@@]2(CCCc3cc(Cl)ccc32)CO4)CC1. The number of carbonyl (C=O) groups is 1. The molecule has 2 fully saturated rings. The molecule has 13 heteroatoms. The molecule has 4 atom stereocenters. The minimum Gasteiger partial charge on any atom is -0.490 e. The topological polar surface area (TPSA) is 104 Å². The van der Waals surface area contributed by atoms with Crippen molar-refractivity contribution < 1.29 is 27.4 Å². The Balaban J connectivity index is 1.18. The molecule has 7 rings (SSSR count). The molecule has 2 aliphatic carbocycles. The smallest absolute Gasteiger partial charge is 0.264 e. The lowest BCUT2D eigenvalue weighted by molar-refractivity contribution is -0.128. The largest absolute Gasteiger partial charge is 0.490 e. The Morgan fingerprint density at radius 3 is 2.53 bits per heavy atom. The molecule has 2 bridgehead atoms. The molecule has 2 aromatic carbocycles. The molecule has 1 amide bonds. The van der Waals surface area contributed by atoms with Gasteiger partial charge >= 0.3 is 0 Å². The number of hydrogen-bond acceptors (Lipinski definition) is 10. The van der Waals surface area contributed by atoms with Crippen LogP contribution in [0, 0.1) is 11.8 Å². The fourth-order valence-electron chi connectivity index (χ4n) is 9.19. The third-order valence-corrected chi connectivity index (χ3v) is 14.7. The summed E-state index contributed by atoms with van der Waals surface area (Å²) >= 11 is 6.49. The number of methoxy groups -OCH3 is 1. The van der Waals surface area contributed by atoms with Gasteiger partial charge in [0.2, 0.25) is 0 Å². The first kappa shape index (κ1) is 40.5. The first-order valence-corrected chi connectivity index (χ1v) is 22.1. The van der Waals surface area contributed by atoms with E-state index >= 15 is 0 Å². The summed E-state index contributed by atoms with van der Waals surface area (Å²) in [6.45, 7) is 13.4. The molecule has 1 N–H and O–H groups in total. The van der Waals surface area contributed by atoms with Gasteiger partial charge in [-0.2, -0.15) is 0 Å². The number of benzene rings is 2. The normalized spacial score (nSPS) is 29.5. The molecule has 11 nitrogen and oxygen atoms in total. The molecule has 3 heterocycles. The van der Waals surface area contributed by atoms with Crippen molar-refractivity contribution in [3.8, 4) is 5.75 Å². The molecule has 2 aromatic rings. The Bertz CT molecular complexity index is 1820. The van der Waals surface area contributed by atoms with Crippen molar-refractivity contribution in [2.75, 3.05) is 97.8 Å². The zero-order valence-electron chi connectivity index (χ0n) is 33.1. The predicted molar refractivity (Wildman–Crippen MR) is 217 cm³/mol. The van der Waals surface area contributed by atoms with Crippen LogP contribution in [0.5, 0.6) is 5.75 Å². The van der Waals surface area contributed by atoms with E-state index in [2.05, 4.69) is 43.7 Å². The van der Waals surface area contributed by atoms with Crippen molar-refractivity contribution in [2.24, 2.45) is 11.8 Å². The third kappa shape index (κ3) is 8.91. The van der Waals surface area contributed by atoms with Crippen LogP contribution < -0.4 is 14.4 Å². The lowest BCUT2D eigenvalue weighted by atomic mass is 9.68. The maximum Gasteiger partial charge on any atom is 0.264 e. The van der Waals surface area contributed by atoms with Gasteiger partial charge in [0.15, 0.2) is 0 Å². The molecule has 3 aliphatic heterocycles.